The Morgan fingerprint density at radius 2 is 1.91 bits per heavy atom. The molecular weight excluding hydrogens is 286 g/mol. The van der Waals surface area contributed by atoms with Crippen LogP contribution >= 0.6 is 0 Å². The third-order valence-corrected chi connectivity index (χ3v) is 3.96. The third-order valence-electron chi connectivity index (χ3n) is 3.96. The van der Waals surface area contributed by atoms with Gasteiger partial charge >= 0.3 is 0 Å². The monoisotopic (exact) mass is 307 g/mol. The number of nitrogens with zero attached hydrogens (tertiary/aromatic N) is 1. The Hall–Kier alpha value is -2.62. The first-order chi connectivity index (χ1) is 11.0. The van der Waals surface area contributed by atoms with E-state index in [0.717, 1.165) is 22.4 Å². The second-order valence-electron chi connectivity index (χ2n) is 6.13. The maximum absolute atomic E-state index is 12.2. The van der Waals surface area contributed by atoms with Crippen molar-refractivity contribution in [3.05, 3.63) is 65.0 Å². The zero-order chi connectivity index (χ0) is 16.4. The summed E-state index contributed by atoms with van der Waals surface area (Å²) in [5.74, 6) is 1.31. The van der Waals surface area contributed by atoms with E-state index in [-0.39, 0.29) is 5.91 Å². The molecule has 1 aromatic heterocycles. The summed E-state index contributed by atoms with van der Waals surface area (Å²) in [5, 5.41) is 2.96. The summed E-state index contributed by atoms with van der Waals surface area (Å²) in [4.78, 5) is 19.8. The quantitative estimate of drug-likeness (QED) is 0.767. The fourth-order valence-electron chi connectivity index (χ4n) is 2.60. The van der Waals surface area contributed by atoms with E-state index in [1.54, 1.807) is 0 Å². The zero-order valence-corrected chi connectivity index (χ0v) is 13.7. The number of fused-ring (bicyclic) bond motifs is 1. The number of benzene rings is 2. The van der Waals surface area contributed by atoms with Gasteiger partial charge in [-0.3, -0.25) is 4.79 Å². The highest BCUT2D eigenvalue weighted by Crippen LogP contribution is 2.15. The highest BCUT2D eigenvalue weighted by atomic mass is 16.1. The number of imidazole rings is 1. The van der Waals surface area contributed by atoms with Crippen molar-refractivity contribution >= 4 is 16.9 Å². The van der Waals surface area contributed by atoms with Crippen molar-refractivity contribution < 1.29 is 4.79 Å². The minimum atomic E-state index is -0.0544. The van der Waals surface area contributed by atoms with Gasteiger partial charge in [0.2, 0.25) is 0 Å². The molecule has 0 saturated heterocycles. The van der Waals surface area contributed by atoms with Crippen LogP contribution < -0.4 is 5.32 Å². The zero-order valence-electron chi connectivity index (χ0n) is 13.7. The van der Waals surface area contributed by atoms with Gasteiger partial charge in [0.05, 0.1) is 11.0 Å². The van der Waals surface area contributed by atoms with Crippen molar-refractivity contribution in [2.75, 3.05) is 0 Å². The van der Waals surface area contributed by atoms with E-state index >= 15 is 0 Å². The summed E-state index contributed by atoms with van der Waals surface area (Å²) in [6, 6.07) is 13.8. The van der Waals surface area contributed by atoms with Crippen molar-refractivity contribution in [1.29, 1.82) is 0 Å². The second-order valence-corrected chi connectivity index (χ2v) is 6.13. The number of hydrogen-bond acceptors (Lipinski definition) is 2. The molecule has 0 radical (unpaired) electrons. The number of nitrogens with one attached hydrogen (secondary N) is 2. The number of amides is 1. The van der Waals surface area contributed by atoms with Crippen LogP contribution in [0.4, 0.5) is 0 Å². The van der Waals surface area contributed by atoms with E-state index in [0.29, 0.717) is 18.0 Å². The van der Waals surface area contributed by atoms with E-state index in [2.05, 4.69) is 29.1 Å². The highest BCUT2D eigenvalue weighted by Gasteiger charge is 2.07. The predicted octanol–water partition coefficient (Wildman–Crippen LogP) is 3.92. The molecule has 0 atom stereocenters. The van der Waals surface area contributed by atoms with Crippen molar-refractivity contribution in [3.8, 4) is 0 Å². The minimum Gasteiger partial charge on any atom is -0.348 e. The maximum Gasteiger partial charge on any atom is 0.251 e. The molecule has 0 aliphatic rings. The van der Waals surface area contributed by atoms with Crippen molar-refractivity contribution in [1.82, 2.24) is 15.3 Å². The Morgan fingerprint density at radius 1 is 1.17 bits per heavy atom. The number of H-pyrrole nitrogens is 1. The number of aromatic amines is 1. The molecule has 0 saturated carbocycles. The largest absolute Gasteiger partial charge is 0.348 e. The first-order valence-electron chi connectivity index (χ1n) is 7.86. The fraction of sp³-hybridized carbons (Fsp3) is 0.263. The number of aryl methyl sites for hydroxylation is 1. The Morgan fingerprint density at radius 3 is 2.61 bits per heavy atom. The number of rotatable bonds is 4. The molecule has 0 spiro atoms. The van der Waals surface area contributed by atoms with Gasteiger partial charge in [0.1, 0.15) is 5.82 Å². The van der Waals surface area contributed by atoms with Gasteiger partial charge in [-0.15, -0.1) is 0 Å². The van der Waals surface area contributed by atoms with Gasteiger partial charge in [0.15, 0.2) is 0 Å². The Kier molecular flexibility index (Phi) is 4.15. The van der Waals surface area contributed by atoms with Crippen LogP contribution in [0, 0.1) is 6.92 Å². The summed E-state index contributed by atoms with van der Waals surface area (Å²) in [7, 11) is 0. The van der Waals surface area contributed by atoms with Gasteiger partial charge in [-0.1, -0.05) is 32.0 Å². The van der Waals surface area contributed by atoms with Gasteiger partial charge in [-0.25, -0.2) is 4.98 Å². The highest BCUT2D eigenvalue weighted by molar-refractivity contribution is 5.94. The van der Waals surface area contributed by atoms with Crippen molar-refractivity contribution in [2.45, 2.75) is 33.2 Å². The molecule has 3 rings (SSSR count). The van der Waals surface area contributed by atoms with Crippen LogP contribution in [-0.4, -0.2) is 15.9 Å². The van der Waals surface area contributed by atoms with Gasteiger partial charge in [-0.05, 0) is 48.2 Å². The van der Waals surface area contributed by atoms with E-state index in [1.165, 1.54) is 5.56 Å². The lowest BCUT2D eigenvalue weighted by Gasteiger charge is -2.08. The molecule has 2 N–H and O–H groups in total. The molecular formula is C19H21N3O. The van der Waals surface area contributed by atoms with Gasteiger partial charge in [0, 0.05) is 12.1 Å². The van der Waals surface area contributed by atoms with Crippen LogP contribution in [-0.2, 0) is 6.54 Å². The molecule has 0 aliphatic carbocycles. The first-order valence-corrected chi connectivity index (χ1v) is 7.86. The normalized spacial score (nSPS) is 11.1. The second kappa shape index (κ2) is 6.24. The van der Waals surface area contributed by atoms with E-state index in [4.69, 9.17) is 0 Å². The number of hydrogen-bond donors (Lipinski definition) is 2. The molecule has 23 heavy (non-hydrogen) atoms. The summed E-state index contributed by atoms with van der Waals surface area (Å²) >= 11 is 0. The average Bonchev–Trinajstić information content (AvgIpc) is 2.92. The molecule has 2 aromatic carbocycles. The van der Waals surface area contributed by atoms with Gasteiger partial charge < -0.3 is 10.3 Å². The smallest absolute Gasteiger partial charge is 0.251 e. The number of carbonyl (C=O) groups excluding carboxylic acids is 1. The van der Waals surface area contributed by atoms with Crippen LogP contribution in [0.3, 0.4) is 0 Å². The lowest BCUT2D eigenvalue weighted by molar-refractivity contribution is 0.0951. The molecule has 0 fully saturated rings. The summed E-state index contributed by atoms with van der Waals surface area (Å²) < 4.78 is 0. The van der Waals surface area contributed by atoms with E-state index in [9.17, 15) is 4.79 Å². The van der Waals surface area contributed by atoms with E-state index in [1.807, 2.05) is 49.4 Å². The standard InChI is InChI=1S/C19H21N3O/c1-12(2)15-5-7-16(8-6-15)19(23)20-11-14-4-9-17-18(10-14)22-13(3)21-17/h4-10,12H,11H2,1-3H3,(H,20,23)(H,21,22). The molecule has 0 aliphatic heterocycles. The number of carbonyl (C=O) groups is 1. The molecule has 0 unspecified atom stereocenters. The summed E-state index contributed by atoms with van der Waals surface area (Å²) in [6.07, 6.45) is 0. The van der Waals surface area contributed by atoms with Gasteiger partial charge in [0.25, 0.3) is 5.91 Å². The lowest BCUT2D eigenvalue weighted by Crippen LogP contribution is -2.22. The Bertz CT molecular complexity index is 831. The Balaban J connectivity index is 1.67. The lowest BCUT2D eigenvalue weighted by atomic mass is 10.0. The van der Waals surface area contributed by atoms with Crippen LogP contribution in [0.15, 0.2) is 42.5 Å². The van der Waals surface area contributed by atoms with Crippen LogP contribution in [0.5, 0.6) is 0 Å². The SMILES string of the molecule is Cc1nc2ccc(CNC(=O)c3ccc(C(C)C)cc3)cc2[nH]1. The molecule has 3 aromatic rings. The molecule has 1 amide bonds. The topological polar surface area (TPSA) is 57.8 Å². The maximum atomic E-state index is 12.2. The fourth-order valence-corrected chi connectivity index (χ4v) is 2.60. The first kappa shape index (κ1) is 15.3. The van der Waals surface area contributed by atoms with Crippen LogP contribution in [0.25, 0.3) is 11.0 Å². The summed E-state index contributed by atoms with van der Waals surface area (Å²) in [6.45, 7) is 6.71. The van der Waals surface area contributed by atoms with Crippen molar-refractivity contribution in [2.24, 2.45) is 0 Å². The molecule has 4 nitrogen and oxygen atoms in total. The Labute approximate surface area is 136 Å². The van der Waals surface area contributed by atoms with Crippen LogP contribution in [0.2, 0.25) is 0 Å². The average molecular weight is 307 g/mol. The predicted molar refractivity (Wildman–Crippen MR) is 92.5 cm³/mol. The van der Waals surface area contributed by atoms with Crippen LogP contribution in [0.1, 0.15) is 47.1 Å². The molecule has 1 heterocycles. The van der Waals surface area contributed by atoms with Crippen molar-refractivity contribution in [3.63, 3.8) is 0 Å². The third kappa shape index (κ3) is 3.42. The molecule has 0 bridgehead atoms. The summed E-state index contributed by atoms with van der Waals surface area (Å²) in [5.41, 5.74) is 4.92. The molecule has 118 valence electrons. The van der Waals surface area contributed by atoms with Gasteiger partial charge in [-0.2, -0.15) is 0 Å². The number of aromatic nitrogens is 2. The minimum absolute atomic E-state index is 0.0544. The van der Waals surface area contributed by atoms with E-state index < -0.39 is 0 Å². The molecule has 4 heteroatoms.